The summed E-state index contributed by atoms with van der Waals surface area (Å²) in [6.07, 6.45) is 0.343. The van der Waals surface area contributed by atoms with Gasteiger partial charge in [0.05, 0.1) is 24.2 Å². The van der Waals surface area contributed by atoms with E-state index in [1.165, 1.54) is 19.2 Å². The molecule has 0 aliphatic heterocycles. The standard InChI is InChI=1S/C12H13NO7/c1-3-19-10(15)7-20-9-5-4-8(6-14)11(13(16)17)12(9)18-2/h4-6H,3,7H2,1-2H3. The highest BCUT2D eigenvalue weighted by molar-refractivity contribution is 5.85. The molecule has 0 N–H and O–H groups in total. The number of benzene rings is 1. The fourth-order valence-corrected chi connectivity index (χ4v) is 1.50. The first-order valence-electron chi connectivity index (χ1n) is 5.64. The molecule has 108 valence electrons. The predicted molar refractivity (Wildman–Crippen MR) is 67.2 cm³/mol. The van der Waals surface area contributed by atoms with Crippen molar-refractivity contribution in [1.29, 1.82) is 0 Å². The van der Waals surface area contributed by atoms with Crippen LogP contribution in [0.2, 0.25) is 0 Å². The maximum Gasteiger partial charge on any atom is 0.344 e. The second kappa shape index (κ2) is 7.07. The first-order chi connectivity index (χ1) is 9.54. The van der Waals surface area contributed by atoms with Crippen molar-refractivity contribution in [2.45, 2.75) is 6.92 Å². The number of nitro benzene ring substituents is 1. The van der Waals surface area contributed by atoms with Crippen molar-refractivity contribution in [1.82, 2.24) is 0 Å². The quantitative estimate of drug-likeness (QED) is 0.322. The second-order valence-corrected chi connectivity index (χ2v) is 3.50. The summed E-state index contributed by atoms with van der Waals surface area (Å²) in [4.78, 5) is 32.2. The summed E-state index contributed by atoms with van der Waals surface area (Å²) in [7, 11) is 1.20. The molecule has 8 nitrogen and oxygen atoms in total. The lowest BCUT2D eigenvalue weighted by atomic mass is 10.1. The highest BCUT2D eigenvalue weighted by Gasteiger charge is 2.25. The average molecular weight is 283 g/mol. The number of methoxy groups -OCH3 is 1. The fourth-order valence-electron chi connectivity index (χ4n) is 1.50. The zero-order valence-electron chi connectivity index (χ0n) is 11.0. The van der Waals surface area contributed by atoms with Crippen molar-refractivity contribution < 1.29 is 28.7 Å². The molecule has 0 aliphatic rings. The Labute approximate surface area is 114 Å². The molecule has 0 spiro atoms. The number of aldehydes is 1. The maximum absolute atomic E-state index is 11.2. The van der Waals surface area contributed by atoms with Crippen molar-refractivity contribution in [3.8, 4) is 11.5 Å². The molecule has 0 unspecified atom stereocenters. The zero-order chi connectivity index (χ0) is 15.1. The molecule has 0 aromatic heterocycles. The Balaban J connectivity index is 3.08. The van der Waals surface area contributed by atoms with Crippen LogP contribution in [0.5, 0.6) is 11.5 Å². The van der Waals surface area contributed by atoms with Gasteiger partial charge < -0.3 is 14.2 Å². The molecule has 0 saturated carbocycles. The maximum atomic E-state index is 11.2. The van der Waals surface area contributed by atoms with Crippen molar-refractivity contribution >= 4 is 17.9 Å². The van der Waals surface area contributed by atoms with Gasteiger partial charge in [-0.15, -0.1) is 0 Å². The third kappa shape index (κ3) is 3.44. The van der Waals surface area contributed by atoms with E-state index in [0.29, 0.717) is 6.29 Å². The second-order valence-electron chi connectivity index (χ2n) is 3.50. The van der Waals surface area contributed by atoms with Crippen LogP contribution >= 0.6 is 0 Å². The third-order valence-electron chi connectivity index (χ3n) is 2.29. The van der Waals surface area contributed by atoms with Crippen LogP contribution in [0, 0.1) is 10.1 Å². The number of esters is 1. The Morgan fingerprint density at radius 3 is 2.65 bits per heavy atom. The Kier molecular flexibility index (Phi) is 5.45. The SMILES string of the molecule is CCOC(=O)COc1ccc(C=O)c([N+](=O)[O-])c1OC. The van der Waals surface area contributed by atoms with E-state index in [-0.39, 0.29) is 23.7 Å². The molecular formula is C12H13NO7. The first-order valence-corrected chi connectivity index (χ1v) is 5.64. The zero-order valence-corrected chi connectivity index (χ0v) is 11.0. The highest BCUT2D eigenvalue weighted by Crippen LogP contribution is 2.38. The van der Waals surface area contributed by atoms with Crippen LogP contribution in [0.4, 0.5) is 5.69 Å². The van der Waals surface area contributed by atoms with Crippen molar-refractivity contribution in [3.05, 3.63) is 27.8 Å². The molecule has 0 amide bonds. The van der Waals surface area contributed by atoms with E-state index in [0.717, 1.165) is 0 Å². The number of nitrogens with zero attached hydrogens (tertiary/aromatic N) is 1. The Morgan fingerprint density at radius 1 is 1.45 bits per heavy atom. The molecule has 8 heteroatoms. The lowest BCUT2D eigenvalue weighted by Crippen LogP contribution is -2.15. The van der Waals surface area contributed by atoms with Crippen LogP contribution in [-0.4, -0.2) is 37.5 Å². The minimum Gasteiger partial charge on any atom is -0.488 e. The van der Waals surface area contributed by atoms with Gasteiger partial charge in [0.2, 0.25) is 5.75 Å². The minimum atomic E-state index is -0.750. The first kappa shape index (κ1) is 15.4. The molecule has 20 heavy (non-hydrogen) atoms. The Morgan fingerprint density at radius 2 is 2.15 bits per heavy atom. The average Bonchev–Trinajstić information content (AvgIpc) is 2.43. The van der Waals surface area contributed by atoms with Crippen LogP contribution in [-0.2, 0) is 9.53 Å². The summed E-state index contributed by atoms with van der Waals surface area (Å²) in [5.74, 6) is -0.849. The van der Waals surface area contributed by atoms with Crippen LogP contribution in [0.15, 0.2) is 12.1 Å². The number of ether oxygens (including phenoxy) is 3. The van der Waals surface area contributed by atoms with Gasteiger partial charge >= 0.3 is 11.7 Å². The molecule has 0 radical (unpaired) electrons. The fraction of sp³-hybridized carbons (Fsp3) is 0.333. The molecular weight excluding hydrogens is 270 g/mol. The summed E-state index contributed by atoms with van der Waals surface area (Å²) < 4.78 is 14.7. The number of nitro groups is 1. The number of carbonyl (C=O) groups is 2. The molecule has 1 aromatic rings. The molecule has 0 saturated heterocycles. The van der Waals surface area contributed by atoms with E-state index in [1.54, 1.807) is 6.92 Å². The summed E-state index contributed by atoms with van der Waals surface area (Å²) in [5.41, 5.74) is -0.654. The number of rotatable bonds is 7. The summed E-state index contributed by atoms with van der Waals surface area (Å²) in [6.45, 7) is 1.42. The highest BCUT2D eigenvalue weighted by atomic mass is 16.6. The smallest absolute Gasteiger partial charge is 0.344 e. The molecule has 0 fully saturated rings. The van der Waals surface area contributed by atoms with E-state index >= 15 is 0 Å². The van der Waals surface area contributed by atoms with Crippen LogP contribution in [0.25, 0.3) is 0 Å². The lowest BCUT2D eigenvalue weighted by Gasteiger charge is -2.11. The van der Waals surface area contributed by atoms with E-state index < -0.39 is 23.2 Å². The molecule has 0 heterocycles. The van der Waals surface area contributed by atoms with Gasteiger partial charge in [-0.05, 0) is 19.1 Å². The van der Waals surface area contributed by atoms with Gasteiger partial charge in [-0.3, -0.25) is 14.9 Å². The largest absolute Gasteiger partial charge is 0.488 e. The third-order valence-corrected chi connectivity index (χ3v) is 2.29. The normalized spacial score (nSPS) is 9.70. The summed E-state index contributed by atoms with van der Waals surface area (Å²) >= 11 is 0. The Hall–Kier alpha value is -2.64. The van der Waals surface area contributed by atoms with Gasteiger partial charge in [0.25, 0.3) is 0 Å². The van der Waals surface area contributed by atoms with Crippen molar-refractivity contribution in [3.63, 3.8) is 0 Å². The van der Waals surface area contributed by atoms with Crippen molar-refractivity contribution in [2.75, 3.05) is 20.3 Å². The summed E-state index contributed by atoms with van der Waals surface area (Å²) in [5, 5.41) is 11.0. The molecule has 0 atom stereocenters. The summed E-state index contributed by atoms with van der Waals surface area (Å²) in [6, 6.07) is 2.53. The number of carbonyl (C=O) groups excluding carboxylic acids is 2. The topological polar surface area (TPSA) is 105 Å². The van der Waals surface area contributed by atoms with E-state index in [4.69, 9.17) is 9.47 Å². The van der Waals surface area contributed by atoms with E-state index in [1.807, 2.05) is 0 Å². The molecule has 0 aliphatic carbocycles. The van der Waals surface area contributed by atoms with Gasteiger partial charge in [-0.2, -0.15) is 0 Å². The monoisotopic (exact) mass is 283 g/mol. The minimum absolute atomic E-state index is 0.0159. The number of hydrogen-bond donors (Lipinski definition) is 0. The predicted octanol–water partition coefficient (Wildman–Crippen LogP) is 1.36. The van der Waals surface area contributed by atoms with Crippen LogP contribution < -0.4 is 9.47 Å². The van der Waals surface area contributed by atoms with Gasteiger partial charge in [0.1, 0.15) is 0 Å². The number of hydrogen-bond acceptors (Lipinski definition) is 7. The van der Waals surface area contributed by atoms with Crippen LogP contribution in [0.1, 0.15) is 17.3 Å². The molecule has 1 aromatic carbocycles. The Bertz CT molecular complexity index is 527. The van der Waals surface area contributed by atoms with Gasteiger partial charge in [-0.1, -0.05) is 0 Å². The van der Waals surface area contributed by atoms with E-state index in [2.05, 4.69) is 4.74 Å². The molecule has 1 rings (SSSR count). The van der Waals surface area contributed by atoms with Gasteiger partial charge in [0, 0.05) is 0 Å². The van der Waals surface area contributed by atoms with Gasteiger partial charge in [0.15, 0.2) is 18.6 Å². The van der Waals surface area contributed by atoms with Crippen molar-refractivity contribution in [2.24, 2.45) is 0 Å². The van der Waals surface area contributed by atoms with Crippen LogP contribution in [0.3, 0.4) is 0 Å². The lowest BCUT2D eigenvalue weighted by molar-refractivity contribution is -0.386. The van der Waals surface area contributed by atoms with Gasteiger partial charge in [-0.25, -0.2) is 4.79 Å². The van der Waals surface area contributed by atoms with E-state index in [9.17, 15) is 19.7 Å². The molecule has 0 bridgehead atoms.